The first kappa shape index (κ1) is 38.2. The maximum Gasteiger partial charge on any atom is 0.474 e. The van der Waals surface area contributed by atoms with Gasteiger partial charge in [-0.05, 0) is 54.4 Å². The molecule has 3 unspecified atom stereocenters. The summed E-state index contributed by atoms with van der Waals surface area (Å²) in [6.07, 6.45) is -0.314. The van der Waals surface area contributed by atoms with Gasteiger partial charge < -0.3 is 25.2 Å². The molecule has 0 bridgehead atoms. The van der Waals surface area contributed by atoms with Gasteiger partial charge in [-0.1, -0.05) is 27.7 Å². The second kappa shape index (κ2) is 17.1. The lowest BCUT2D eigenvalue weighted by molar-refractivity contribution is -0.140. The normalized spacial score (nSPS) is 28.0. The van der Waals surface area contributed by atoms with Gasteiger partial charge in [-0.15, -0.1) is 0 Å². The van der Waals surface area contributed by atoms with Crippen molar-refractivity contribution in [1.29, 1.82) is 0 Å². The summed E-state index contributed by atoms with van der Waals surface area (Å²) in [6, 6.07) is 1.48. The molecule has 2 rings (SSSR count). The highest BCUT2D eigenvalue weighted by atomic mass is 31.2. The van der Waals surface area contributed by atoms with E-state index < -0.39 is 34.6 Å². The summed E-state index contributed by atoms with van der Waals surface area (Å²) in [5.74, 6) is 0. The van der Waals surface area contributed by atoms with E-state index >= 15 is 0 Å². The monoisotopic (exact) mass is 644 g/mol. The quantitative estimate of drug-likeness (QED) is 0.120. The van der Waals surface area contributed by atoms with E-state index in [0.717, 1.165) is 25.9 Å². The number of hydrogen-bond donors (Lipinski definition) is 4. The standard InChI is InChI=1S/C27H58N4O9P2/c1-18(2)28-23-11-25(30(13-23)20(5)6)15-36-41(32,33)38-17-27(39-22(9)10)40-42(34,35)37-16-26-12-24(29-19(3)4)14-31(26)21(7)8/h18-29H,11-17H2,1-10H3,(H,32,33)(H,34,35)/t23-,24+,25+,26-,27?/m0/s1. The van der Waals surface area contributed by atoms with Crippen LogP contribution in [0.15, 0.2) is 0 Å². The summed E-state index contributed by atoms with van der Waals surface area (Å²) >= 11 is 0. The van der Waals surface area contributed by atoms with Gasteiger partial charge in [0.25, 0.3) is 0 Å². The molecule has 250 valence electrons. The summed E-state index contributed by atoms with van der Waals surface area (Å²) in [5.41, 5.74) is 0. The molecule has 2 saturated heterocycles. The molecule has 2 fully saturated rings. The molecule has 2 heterocycles. The summed E-state index contributed by atoms with van der Waals surface area (Å²) in [5, 5.41) is 7.04. The van der Waals surface area contributed by atoms with Gasteiger partial charge in [-0.25, -0.2) is 9.13 Å². The third-order valence-electron chi connectivity index (χ3n) is 7.29. The van der Waals surface area contributed by atoms with E-state index in [1.54, 1.807) is 13.8 Å². The fourth-order valence-electron chi connectivity index (χ4n) is 5.79. The minimum Gasteiger partial charge on any atom is -0.347 e. The zero-order chi connectivity index (χ0) is 31.8. The second-order valence-electron chi connectivity index (χ2n) is 12.9. The first-order valence-electron chi connectivity index (χ1n) is 15.3. The molecule has 15 heteroatoms. The Morgan fingerprint density at radius 1 is 0.714 bits per heavy atom. The molecule has 0 aromatic heterocycles. The van der Waals surface area contributed by atoms with Crippen molar-refractivity contribution in [3.8, 4) is 0 Å². The van der Waals surface area contributed by atoms with Crippen LogP contribution in [0.2, 0.25) is 0 Å². The number of phosphoric ester groups is 2. The Labute approximate surface area is 253 Å². The number of nitrogens with zero attached hydrogens (tertiary/aromatic N) is 2. The van der Waals surface area contributed by atoms with Crippen LogP contribution >= 0.6 is 15.6 Å². The van der Waals surface area contributed by atoms with E-state index in [0.29, 0.717) is 12.1 Å². The first-order chi connectivity index (χ1) is 19.4. The fraction of sp³-hybridized carbons (Fsp3) is 1.00. The molecule has 13 nitrogen and oxygen atoms in total. The van der Waals surface area contributed by atoms with Crippen LogP contribution in [0.3, 0.4) is 0 Å². The van der Waals surface area contributed by atoms with Gasteiger partial charge in [0.05, 0.1) is 19.3 Å². The van der Waals surface area contributed by atoms with Gasteiger partial charge in [0.1, 0.15) is 6.61 Å². The van der Waals surface area contributed by atoms with Crippen molar-refractivity contribution >= 4 is 15.6 Å². The van der Waals surface area contributed by atoms with Gasteiger partial charge in [-0.3, -0.25) is 27.9 Å². The number of phosphoric acid groups is 2. The maximum atomic E-state index is 12.9. The number of hydrogen-bond acceptors (Lipinski definition) is 11. The van der Waals surface area contributed by atoms with Gasteiger partial charge in [0.2, 0.25) is 0 Å². The zero-order valence-electron chi connectivity index (χ0n) is 27.3. The topological polar surface area (TPSA) is 151 Å². The molecule has 7 atom stereocenters. The van der Waals surface area contributed by atoms with Crippen molar-refractivity contribution in [2.24, 2.45) is 0 Å². The van der Waals surface area contributed by atoms with Crippen LogP contribution < -0.4 is 10.6 Å². The average molecular weight is 645 g/mol. The van der Waals surface area contributed by atoms with E-state index in [1.807, 2.05) is 0 Å². The Bertz CT molecular complexity index is 896. The third kappa shape index (κ3) is 13.6. The molecule has 0 aliphatic carbocycles. The molecule has 0 saturated carbocycles. The van der Waals surface area contributed by atoms with E-state index in [-0.39, 0.29) is 49.5 Å². The summed E-state index contributed by atoms with van der Waals surface area (Å²) in [7, 11) is -9.11. The van der Waals surface area contributed by atoms with Crippen molar-refractivity contribution < 1.29 is 41.7 Å². The average Bonchev–Trinajstić information content (AvgIpc) is 3.43. The van der Waals surface area contributed by atoms with Crippen LogP contribution in [0.5, 0.6) is 0 Å². The lowest BCUT2D eigenvalue weighted by Crippen LogP contribution is -2.40. The SMILES string of the molecule is CC(C)N[C@@H]1C[C@@H](COP(=O)(O)OC(COP(=O)(O)OC[C@H]2C[C@H](NC(C)C)CN2C(C)C)OC(C)C)N(C(C)C)C1. The van der Waals surface area contributed by atoms with E-state index in [1.165, 1.54) is 0 Å². The molecular formula is C27H58N4O9P2. The number of rotatable bonds is 19. The minimum absolute atomic E-state index is 0.000792. The molecule has 0 radical (unpaired) electrons. The van der Waals surface area contributed by atoms with Gasteiger partial charge in [-0.2, -0.15) is 0 Å². The van der Waals surface area contributed by atoms with Crippen LogP contribution in [0.25, 0.3) is 0 Å². The Kier molecular flexibility index (Phi) is 15.5. The molecule has 4 N–H and O–H groups in total. The number of likely N-dealkylation sites (tertiary alicyclic amines) is 2. The van der Waals surface area contributed by atoms with Crippen LogP contribution in [-0.2, 0) is 32.0 Å². The Balaban J connectivity index is 1.93. The zero-order valence-corrected chi connectivity index (χ0v) is 29.1. The fourth-order valence-corrected chi connectivity index (χ4v) is 7.36. The van der Waals surface area contributed by atoms with E-state index in [4.69, 9.17) is 22.8 Å². The predicted molar refractivity (Wildman–Crippen MR) is 163 cm³/mol. The molecule has 42 heavy (non-hydrogen) atoms. The molecule has 2 aliphatic heterocycles. The van der Waals surface area contributed by atoms with Gasteiger partial charge in [0.15, 0.2) is 6.29 Å². The minimum atomic E-state index is -4.59. The van der Waals surface area contributed by atoms with Crippen molar-refractivity contribution in [2.75, 3.05) is 32.9 Å². The molecule has 0 aromatic rings. The van der Waals surface area contributed by atoms with E-state index in [9.17, 15) is 18.9 Å². The summed E-state index contributed by atoms with van der Waals surface area (Å²) in [6.45, 7) is 21.1. The van der Waals surface area contributed by atoms with Crippen molar-refractivity contribution in [1.82, 2.24) is 20.4 Å². The molecule has 0 amide bonds. The first-order valence-corrected chi connectivity index (χ1v) is 18.3. The van der Waals surface area contributed by atoms with Crippen LogP contribution in [-0.4, -0.2) is 113 Å². The van der Waals surface area contributed by atoms with Crippen molar-refractivity contribution in [3.63, 3.8) is 0 Å². The Morgan fingerprint density at radius 3 is 1.52 bits per heavy atom. The largest absolute Gasteiger partial charge is 0.474 e. The van der Waals surface area contributed by atoms with Gasteiger partial charge >= 0.3 is 15.6 Å². The smallest absolute Gasteiger partial charge is 0.347 e. The highest BCUT2D eigenvalue weighted by molar-refractivity contribution is 7.47. The molecule has 0 spiro atoms. The second-order valence-corrected chi connectivity index (χ2v) is 15.8. The summed E-state index contributed by atoms with van der Waals surface area (Å²) in [4.78, 5) is 25.4. The van der Waals surface area contributed by atoms with Crippen LogP contribution in [0, 0.1) is 0 Å². The van der Waals surface area contributed by atoms with Crippen molar-refractivity contribution in [2.45, 2.75) is 143 Å². The molecule has 0 aromatic carbocycles. The lowest BCUT2D eigenvalue weighted by atomic mass is 10.1. The highest BCUT2D eigenvalue weighted by Gasteiger charge is 2.39. The Hall–Kier alpha value is 0.0200. The lowest BCUT2D eigenvalue weighted by Gasteiger charge is -2.29. The van der Waals surface area contributed by atoms with E-state index in [2.05, 4.69) is 75.8 Å². The summed E-state index contributed by atoms with van der Waals surface area (Å²) < 4.78 is 52.4. The molecular weight excluding hydrogens is 586 g/mol. The molecule has 2 aliphatic rings. The third-order valence-corrected chi connectivity index (χ3v) is 9.21. The number of nitrogens with one attached hydrogen (secondary N) is 2. The predicted octanol–water partition coefficient (Wildman–Crippen LogP) is 3.70. The van der Waals surface area contributed by atoms with Crippen LogP contribution in [0.4, 0.5) is 0 Å². The Morgan fingerprint density at radius 2 is 1.14 bits per heavy atom. The van der Waals surface area contributed by atoms with Crippen molar-refractivity contribution in [3.05, 3.63) is 0 Å². The number of ether oxygens (including phenoxy) is 1. The van der Waals surface area contributed by atoms with Gasteiger partial charge in [0, 0.05) is 61.4 Å². The highest BCUT2D eigenvalue weighted by Crippen LogP contribution is 2.48. The maximum absolute atomic E-state index is 12.9. The van der Waals surface area contributed by atoms with Crippen LogP contribution in [0.1, 0.15) is 82.1 Å².